The van der Waals surface area contributed by atoms with E-state index in [2.05, 4.69) is 15.5 Å². The van der Waals surface area contributed by atoms with E-state index in [0.29, 0.717) is 18.7 Å². The van der Waals surface area contributed by atoms with Gasteiger partial charge in [0.05, 0.1) is 0 Å². The van der Waals surface area contributed by atoms with Gasteiger partial charge in [0.2, 0.25) is 5.91 Å². The highest BCUT2D eigenvalue weighted by molar-refractivity contribution is 6.01. The van der Waals surface area contributed by atoms with Gasteiger partial charge < -0.3 is 5.32 Å². The molecule has 0 aliphatic carbocycles. The first-order valence-electron chi connectivity index (χ1n) is 5.03. The van der Waals surface area contributed by atoms with E-state index in [1.807, 2.05) is 0 Å². The van der Waals surface area contributed by atoms with Crippen LogP contribution in [-0.2, 0) is 9.59 Å². The molecule has 6 nitrogen and oxygen atoms in total. The topological polar surface area (TPSA) is 75.2 Å². The van der Waals surface area contributed by atoms with E-state index in [4.69, 9.17) is 0 Å². The molecule has 0 spiro atoms. The smallest absolute Gasteiger partial charge is 0.251 e. The summed E-state index contributed by atoms with van der Waals surface area (Å²) in [5.41, 5.74) is 0. The van der Waals surface area contributed by atoms with E-state index in [1.54, 1.807) is 18.3 Å². The Kier molecular flexibility index (Phi) is 2.80. The minimum atomic E-state index is -0.389. The molecule has 1 aromatic heterocycles. The Balaban J connectivity index is 2.06. The molecule has 84 valence electrons. The Hall–Kier alpha value is -1.98. The number of carbonyl (C=O) groups is 2. The molecule has 0 radical (unpaired) electrons. The fourth-order valence-electron chi connectivity index (χ4n) is 1.61. The second-order valence-electron chi connectivity index (χ2n) is 3.64. The van der Waals surface area contributed by atoms with Crippen molar-refractivity contribution in [3.05, 3.63) is 18.3 Å². The summed E-state index contributed by atoms with van der Waals surface area (Å²) in [6.07, 6.45) is 2.43. The number of aromatic nitrogens is 2. The van der Waals surface area contributed by atoms with Gasteiger partial charge in [-0.25, -0.2) is 0 Å². The number of likely N-dealkylation sites (N-methyl/N-ethyl adjacent to an activating group) is 1. The quantitative estimate of drug-likeness (QED) is 0.712. The number of nitrogens with zero attached hydrogens (tertiary/aromatic N) is 3. The van der Waals surface area contributed by atoms with Crippen molar-refractivity contribution in [2.75, 3.05) is 12.4 Å². The summed E-state index contributed by atoms with van der Waals surface area (Å²) < 4.78 is 0. The third kappa shape index (κ3) is 2.00. The second kappa shape index (κ2) is 4.26. The molecule has 1 aromatic rings. The van der Waals surface area contributed by atoms with Gasteiger partial charge in [0.1, 0.15) is 11.9 Å². The number of carbonyl (C=O) groups excluding carboxylic acids is 2. The van der Waals surface area contributed by atoms with Crippen LogP contribution in [0.25, 0.3) is 0 Å². The number of piperidine rings is 1. The number of hydrogen-bond donors (Lipinski definition) is 1. The zero-order valence-electron chi connectivity index (χ0n) is 8.88. The van der Waals surface area contributed by atoms with Crippen molar-refractivity contribution in [2.24, 2.45) is 0 Å². The van der Waals surface area contributed by atoms with Crippen LogP contribution < -0.4 is 5.32 Å². The molecule has 1 N–H and O–H groups in total. The molecule has 0 bridgehead atoms. The molecule has 2 amide bonds. The first-order valence-corrected chi connectivity index (χ1v) is 5.03. The molecule has 16 heavy (non-hydrogen) atoms. The maximum absolute atomic E-state index is 11.7. The van der Waals surface area contributed by atoms with Gasteiger partial charge in [-0.05, 0) is 18.6 Å². The summed E-state index contributed by atoms with van der Waals surface area (Å²) in [7, 11) is 1.50. The zero-order valence-corrected chi connectivity index (χ0v) is 8.88. The van der Waals surface area contributed by atoms with Gasteiger partial charge in [-0.15, -0.1) is 5.10 Å². The van der Waals surface area contributed by atoms with Crippen LogP contribution in [0, 0.1) is 0 Å². The fraction of sp³-hybridized carbons (Fsp3) is 0.400. The molecule has 1 fully saturated rings. The first kappa shape index (κ1) is 10.5. The average molecular weight is 220 g/mol. The highest BCUT2D eigenvalue weighted by Crippen LogP contribution is 2.15. The largest absolute Gasteiger partial charge is 0.357 e. The van der Waals surface area contributed by atoms with E-state index in [0.717, 1.165) is 4.90 Å². The van der Waals surface area contributed by atoms with Gasteiger partial charge in [-0.1, -0.05) is 0 Å². The molecule has 1 aliphatic heterocycles. The lowest BCUT2D eigenvalue weighted by molar-refractivity contribution is -0.146. The van der Waals surface area contributed by atoms with Crippen molar-refractivity contribution in [2.45, 2.75) is 18.9 Å². The number of imide groups is 1. The van der Waals surface area contributed by atoms with Crippen molar-refractivity contribution >= 4 is 17.6 Å². The normalized spacial score (nSPS) is 21.1. The van der Waals surface area contributed by atoms with E-state index in [1.165, 1.54) is 7.05 Å². The Bertz CT molecular complexity index is 407. The van der Waals surface area contributed by atoms with Gasteiger partial charge in [-0.3, -0.25) is 14.5 Å². The zero-order chi connectivity index (χ0) is 11.5. The minimum Gasteiger partial charge on any atom is -0.357 e. The van der Waals surface area contributed by atoms with Crippen LogP contribution in [0.5, 0.6) is 0 Å². The monoisotopic (exact) mass is 220 g/mol. The van der Waals surface area contributed by atoms with Gasteiger partial charge in [0, 0.05) is 19.7 Å². The third-order valence-electron chi connectivity index (χ3n) is 2.54. The maximum atomic E-state index is 11.7. The summed E-state index contributed by atoms with van der Waals surface area (Å²) in [6, 6.07) is 3.08. The van der Waals surface area contributed by atoms with Crippen LogP contribution in [0.3, 0.4) is 0 Å². The molecule has 1 atom stereocenters. The molecule has 1 saturated heterocycles. The predicted molar refractivity (Wildman–Crippen MR) is 56.5 cm³/mol. The summed E-state index contributed by atoms with van der Waals surface area (Å²) >= 11 is 0. The van der Waals surface area contributed by atoms with Gasteiger partial charge >= 0.3 is 0 Å². The lowest BCUT2D eigenvalue weighted by Gasteiger charge is -2.28. The first-order chi connectivity index (χ1) is 7.68. The van der Waals surface area contributed by atoms with E-state index < -0.39 is 0 Å². The summed E-state index contributed by atoms with van der Waals surface area (Å²) in [5, 5.41) is 10.5. The highest BCUT2D eigenvalue weighted by Gasteiger charge is 2.31. The van der Waals surface area contributed by atoms with Crippen LogP contribution in [0.1, 0.15) is 12.8 Å². The number of anilines is 1. The van der Waals surface area contributed by atoms with E-state index in [-0.39, 0.29) is 17.9 Å². The van der Waals surface area contributed by atoms with Crippen LogP contribution in [0.2, 0.25) is 0 Å². The van der Waals surface area contributed by atoms with Gasteiger partial charge in [-0.2, -0.15) is 5.10 Å². The van der Waals surface area contributed by atoms with Crippen molar-refractivity contribution in [3.63, 3.8) is 0 Å². The number of hydrogen-bond acceptors (Lipinski definition) is 5. The average Bonchev–Trinajstić information content (AvgIpc) is 2.31. The highest BCUT2D eigenvalue weighted by atomic mass is 16.2. The molecule has 0 saturated carbocycles. The summed E-state index contributed by atoms with van der Waals surface area (Å²) in [6.45, 7) is 0. The molecule has 1 unspecified atom stereocenters. The van der Waals surface area contributed by atoms with Crippen molar-refractivity contribution < 1.29 is 9.59 Å². The second-order valence-corrected chi connectivity index (χ2v) is 3.64. The SMILES string of the molecule is CN1C(=O)CCC(Nc2cccnn2)C1=O. The van der Waals surface area contributed by atoms with Crippen molar-refractivity contribution in [1.82, 2.24) is 15.1 Å². The lowest BCUT2D eigenvalue weighted by Crippen LogP contribution is -2.48. The third-order valence-corrected chi connectivity index (χ3v) is 2.54. The summed E-state index contributed by atoms with van der Waals surface area (Å²) in [5.74, 6) is 0.188. The van der Waals surface area contributed by atoms with Crippen molar-refractivity contribution in [3.8, 4) is 0 Å². The van der Waals surface area contributed by atoms with Crippen LogP contribution in [-0.4, -0.2) is 40.0 Å². The van der Waals surface area contributed by atoms with Gasteiger partial charge in [0.25, 0.3) is 5.91 Å². The Morgan fingerprint density at radius 2 is 2.31 bits per heavy atom. The number of nitrogens with one attached hydrogen (secondary N) is 1. The standard InChI is InChI=1S/C10H12N4O2/c1-14-9(15)5-4-7(10(14)16)12-8-3-2-6-11-13-8/h2-3,6-7H,4-5H2,1H3,(H,12,13). The molecular formula is C10H12N4O2. The number of rotatable bonds is 2. The molecule has 2 rings (SSSR count). The minimum absolute atomic E-state index is 0.137. The van der Waals surface area contributed by atoms with E-state index >= 15 is 0 Å². The number of amides is 2. The molecule has 2 heterocycles. The van der Waals surface area contributed by atoms with E-state index in [9.17, 15) is 9.59 Å². The Morgan fingerprint density at radius 3 is 3.00 bits per heavy atom. The molecular weight excluding hydrogens is 208 g/mol. The Morgan fingerprint density at radius 1 is 1.50 bits per heavy atom. The molecule has 0 aromatic carbocycles. The predicted octanol–water partition coefficient (Wildman–Crippen LogP) is 0.0359. The fourth-order valence-corrected chi connectivity index (χ4v) is 1.61. The Labute approximate surface area is 92.7 Å². The molecule has 6 heteroatoms. The maximum Gasteiger partial charge on any atom is 0.251 e. The lowest BCUT2D eigenvalue weighted by atomic mass is 10.0. The molecule has 1 aliphatic rings. The van der Waals surface area contributed by atoms with Crippen LogP contribution in [0.15, 0.2) is 18.3 Å². The van der Waals surface area contributed by atoms with Crippen LogP contribution >= 0.6 is 0 Å². The number of likely N-dealkylation sites (tertiary alicyclic amines) is 1. The van der Waals surface area contributed by atoms with Crippen LogP contribution in [0.4, 0.5) is 5.82 Å². The van der Waals surface area contributed by atoms with Gasteiger partial charge in [0.15, 0.2) is 0 Å². The van der Waals surface area contributed by atoms with Crippen molar-refractivity contribution in [1.29, 1.82) is 0 Å². The summed E-state index contributed by atoms with van der Waals surface area (Å²) in [4.78, 5) is 24.1.